The number of hydrogen-bond acceptors (Lipinski definition) is 3. The molecule has 3 nitrogen and oxygen atoms in total. The van der Waals surface area contributed by atoms with Gasteiger partial charge in [-0.1, -0.05) is 32.6 Å². The van der Waals surface area contributed by atoms with Gasteiger partial charge in [0.05, 0.1) is 12.7 Å². The Morgan fingerprint density at radius 1 is 1.10 bits per heavy atom. The van der Waals surface area contributed by atoms with Crippen LogP contribution in [-0.4, -0.2) is 19.0 Å². The van der Waals surface area contributed by atoms with Gasteiger partial charge >= 0.3 is 0 Å². The van der Waals surface area contributed by atoms with Gasteiger partial charge in [0.1, 0.15) is 6.29 Å². The lowest BCUT2D eigenvalue weighted by Crippen LogP contribution is -2.12. The van der Waals surface area contributed by atoms with Gasteiger partial charge in [0.15, 0.2) is 11.5 Å². The van der Waals surface area contributed by atoms with Gasteiger partial charge in [0.25, 0.3) is 0 Å². The Kier molecular flexibility index (Phi) is 8.56. The molecule has 1 aromatic carbocycles. The molecule has 0 aromatic heterocycles. The predicted octanol–water partition coefficient (Wildman–Crippen LogP) is 5.03. The first-order chi connectivity index (χ1) is 10.2. The van der Waals surface area contributed by atoms with E-state index in [1.807, 2.05) is 13.0 Å². The Balaban J connectivity index is 2.50. The summed E-state index contributed by atoms with van der Waals surface area (Å²) in [5.41, 5.74) is 0.609. The maximum Gasteiger partial charge on any atom is 0.161 e. The maximum absolute atomic E-state index is 10.8. The fourth-order valence-corrected chi connectivity index (χ4v) is 2.27. The standard InChI is InChI=1S/C18H28O3/c1-4-6-7-8-9-10-15(3)21-17-12-11-16(14-19)13-18(17)20-5-2/h11-15H,4-10H2,1-3H3/t15-/m1/s1. The number of unbranched alkanes of at least 4 members (excludes halogenated alkanes) is 4. The highest BCUT2D eigenvalue weighted by Gasteiger charge is 2.10. The highest BCUT2D eigenvalue weighted by Crippen LogP contribution is 2.29. The van der Waals surface area contributed by atoms with Crippen LogP contribution in [0, 0.1) is 0 Å². The van der Waals surface area contributed by atoms with E-state index < -0.39 is 0 Å². The van der Waals surface area contributed by atoms with Crippen molar-refractivity contribution in [2.24, 2.45) is 0 Å². The largest absolute Gasteiger partial charge is 0.490 e. The molecule has 1 aromatic rings. The summed E-state index contributed by atoms with van der Waals surface area (Å²) in [5.74, 6) is 1.38. The summed E-state index contributed by atoms with van der Waals surface area (Å²) in [4.78, 5) is 10.8. The molecule has 0 bridgehead atoms. The van der Waals surface area contributed by atoms with Crippen LogP contribution in [0.3, 0.4) is 0 Å². The van der Waals surface area contributed by atoms with Gasteiger partial charge in [-0.2, -0.15) is 0 Å². The molecule has 0 N–H and O–H groups in total. The summed E-state index contributed by atoms with van der Waals surface area (Å²) in [5, 5.41) is 0. The van der Waals surface area contributed by atoms with Crippen LogP contribution < -0.4 is 9.47 Å². The van der Waals surface area contributed by atoms with Crippen molar-refractivity contribution in [3.63, 3.8) is 0 Å². The third-order valence-corrected chi connectivity index (χ3v) is 3.45. The highest BCUT2D eigenvalue weighted by atomic mass is 16.5. The Morgan fingerprint density at radius 3 is 2.52 bits per heavy atom. The molecule has 0 fully saturated rings. The molecule has 0 aliphatic rings. The van der Waals surface area contributed by atoms with Crippen LogP contribution in [0.25, 0.3) is 0 Å². The SMILES string of the molecule is CCCCCCC[C@@H](C)Oc1ccc(C=O)cc1OCC. The van der Waals surface area contributed by atoms with Crippen molar-refractivity contribution in [3.8, 4) is 11.5 Å². The fraction of sp³-hybridized carbons (Fsp3) is 0.611. The van der Waals surface area contributed by atoms with Gasteiger partial charge < -0.3 is 9.47 Å². The van der Waals surface area contributed by atoms with E-state index in [0.717, 1.165) is 18.5 Å². The number of benzene rings is 1. The maximum atomic E-state index is 10.8. The van der Waals surface area contributed by atoms with E-state index >= 15 is 0 Å². The zero-order chi connectivity index (χ0) is 15.5. The second-order valence-corrected chi connectivity index (χ2v) is 5.39. The average Bonchev–Trinajstić information content (AvgIpc) is 2.49. The summed E-state index contributed by atoms with van der Waals surface area (Å²) in [7, 11) is 0. The molecule has 118 valence electrons. The van der Waals surface area contributed by atoms with Crippen LogP contribution in [0.1, 0.15) is 69.7 Å². The van der Waals surface area contributed by atoms with Crippen molar-refractivity contribution >= 4 is 6.29 Å². The smallest absolute Gasteiger partial charge is 0.161 e. The molecule has 0 radical (unpaired) electrons. The van der Waals surface area contributed by atoms with Crippen LogP contribution in [-0.2, 0) is 0 Å². The second-order valence-electron chi connectivity index (χ2n) is 5.39. The number of carbonyl (C=O) groups excluding carboxylic acids is 1. The molecular formula is C18H28O3. The number of hydrogen-bond donors (Lipinski definition) is 0. The Labute approximate surface area is 128 Å². The number of aldehydes is 1. The summed E-state index contributed by atoms with van der Waals surface area (Å²) in [6.07, 6.45) is 8.38. The lowest BCUT2D eigenvalue weighted by molar-refractivity contribution is 0.112. The molecule has 3 heteroatoms. The van der Waals surface area contributed by atoms with E-state index in [0.29, 0.717) is 17.9 Å². The zero-order valence-electron chi connectivity index (χ0n) is 13.6. The summed E-state index contributed by atoms with van der Waals surface area (Å²) in [6, 6.07) is 5.32. The van der Waals surface area contributed by atoms with Crippen LogP contribution in [0.5, 0.6) is 11.5 Å². The normalized spacial score (nSPS) is 12.0. The molecule has 0 unspecified atom stereocenters. The molecule has 1 rings (SSSR count). The van der Waals surface area contributed by atoms with E-state index in [1.165, 1.54) is 32.1 Å². The molecule has 0 heterocycles. The van der Waals surface area contributed by atoms with E-state index in [2.05, 4.69) is 13.8 Å². The first-order valence-corrected chi connectivity index (χ1v) is 8.09. The molecule has 0 amide bonds. The first-order valence-electron chi connectivity index (χ1n) is 8.09. The zero-order valence-corrected chi connectivity index (χ0v) is 13.6. The Bertz CT molecular complexity index is 415. The monoisotopic (exact) mass is 292 g/mol. The second kappa shape index (κ2) is 10.3. The van der Waals surface area contributed by atoms with Gasteiger partial charge in [-0.05, 0) is 44.9 Å². The Morgan fingerprint density at radius 2 is 1.86 bits per heavy atom. The minimum Gasteiger partial charge on any atom is -0.490 e. The molecule has 0 aliphatic heterocycles. The topological polar surface area (TPSA) is 35.5 Å². The highest BCUT2D eigenvalue weighted by molar-refractivity contribution is 5.76. The molecule has 1 atom stereocenters. The van der Waals surface area contributed by atoms with Gasteiger partial charge in [-0.15, -0.1) is 0 Å². The molecule has 0 saturated heterocycles. The van der Waals surface area contributed by atoms with Crippen molar-refractivity contribution in [2.75, 3.05) is 6.61 Å². The molecule has 0 saturated carbocycles. The van der Waals surface area contributed by atoms with Crippen molar-refractivity contribution in [1.29, 1.82) is 0 Å². The number of ether oxygens (including phenoxy) is 2. The molecular weight excluding hydrogens is 264 g/mol. The van der Waals surface area contributed by atoms with Gasteiger partial charge in [-0.3, -0.25) is 4.79 Å². The van der Waals surface area contributed by atoms with E-state index in [-0.39, 0.29) is 6.10 Å². The first kappa shape index (κ1) is 17.5. The van der Waals surface area contributed by atoms with Crippen molar-refractivity contribution in [3.05, 3.63) is 23.8 Å². The molecule has 0 aliphatic carbocycles. The Hall–Kier alpha value is -1.51. The van der Waals surface area contributed by atoms with Crippen LogP contribution in [0.4, 0.5) is 0 Å². The summed E-state index contributed by atoms with van der Waals surface area (Å²) < 4.78 is 11.5. The minimum absolute atomic E-state index is 0.160. The van der Waals surface area contributed by atoms with Gasteiger partial charge in [0.2, 0.25) is 0 Å². The third kappa shape index (κ3) is 6.65. The average molecular weight is 292 g/mol. The van der Waals surface area contributed by atoms with E-state index in [4.69, 9.17) is 9.47 Å². The summed E-state index contributed by atoms with van der Waals surface area (Å²) >= 11 is 0. The number of carbonyl (C=O) groups is 1. The summed E-state index contributed by atoms with van der Waals surface area (Å²) in [6.45, 7) is 6.80. The third-order valence-electron chi connectivity index (χ3n) is 3.45. The molecule has 21 heavy (non-hydrogen) atoms. The van der Waals surface area contributed by atoms with Crippen LogP contribution in [0.15, 0.2) is 18.2 Å². The van der Waals surface area contributed by atoms with Gasteiger partial charge in [-0.25, -0.2) is 0 Å². The van der Waals surface area contributed by atoms with Crippen molar-refractivity contribution in [2.45, 2.75) is 65.4 Å². The van der Waals surface area contributed by atoms with Crippen molar-refractivity contribution in [1.82, 2.24) is 0 Å². The van der Waals surface area contributed by atoms with E-state index in [9.17, 15) is 4.79 Å². The van der Waals surface area contributed by atoms with Crippen LogP contribution >= 0.6 is 0 Å². The lowest BCUT2D eigenvalue weighted by atomic mass is 10.1. The van der Waals surface area contributed by atoms with Crippen molar-refractivity contribution < 1.29 is 14.3 Å². The minimum atomic E-state index is 0.160. The van der Waals surface area contributed by atoms with Gasteiger partial charge in [0, 0.05) is 5.56 Å². The van der Waals surface area contributed by atoms with Crippen LogP contribution in [0.2, 0.25) is 0 Å². The predicted molar refractivity (Wildman–Crippen MR) is 86.5 cm³/mol. The van der Waals surface area contributed by atoms with E-state index in [1.54, 1.807) is 12.1 Å². The number of rotatable bonds is 11. The quantitative estimate of drug-likeness (QED) is 0.424. The molecule has 0 spiro atoms. The lowest BCUT2D eigenvalue weighted by Gasteiger charge is -2.17. The fourth-order valence-electron chi connectivity index (χ4n) is 2.27.